The molecule has 1 aliphatic rings. The van der Waals surface area contributed by atoms with Gasteiger partial charge in [-0.15, -0.1) is 5.10 Å². The maximum Gasteiger partial charge on any atom is 0.293 e. The van der Waals surface area contributed by atoms with E-state index in [0.717, 1.165) is 42.8 Å². The molecule has 5 rings (SSSR count). The molecular weight excluding hydrogens is 498 g/mol. The third kappa shape index (κ3) is 6.29. The molecule has 0 unspecified atom stereocenters. The van der Waals surface area contributed by atoms with E-state index in [2.05, 4.69) is 56.0 Å². The number of aromatic nitrogens is 5. The Morgan fingerprint density at radius 2 is 1.95 bits per heavy atom. The van der Waals surface area contributed by atoms with E-state index in [9.17, 15) is 4.79 Å². The van der Waals surface area contributed by atoms with E-state index in [1.807, 2.05) is 42.5 Å². The summed E-state index contributed by atoms with van der Waals surface area (Å²) in [6.07, 6.45) is 3.71. The fourth-order valence-electron chi connectivity index (χ4n) is 4.36. The number of nitrogen functional groups attached to an aromatic ring is 1. The minimum Gasteiger partial charge on any atom is -0.489 e. The molecule has 0 atom stereocenters. The molecule has 1 fully saturated rings. The molecule has 1 amide bonds. The molecule has 3 heterocycles. The number of amides is 1. The number of aryl methyl sites for hydroxylation is 1. The van der Waals surface area contributed by atoms with Gasteiger partial charge in [0.25, 0.3) is 5.91 Å². The second kappa shape index (κ2) is 11.9. The normalized spacial score (nSPS) is 14.6. The zero-order valence-electron chi connectivity index (χ0n) is 21.9. The largest absolute Gasteiger partial charge is 0.489 e. The van der Waals surface area contributed by atoms with E-state index < -0.39 is 5.91 Å². The number of rotatable bonds is 9. The number of nitrogens with two attached hydrogens (primary N) is 1. The number of benzene rings is 2. The van der Waals surface area contributed by atoms with Gasteiger partial charge in [0.2, 0.25) is 11.6 Å². The molecule has 39 heavy (non-hydrogen) atoms. The number of nitrogens with zero attached hydrogens (tertiary/aromatic N) is 7. The van der Waals surface area contributed by atoms with E-state index in [1.165, 1.54) is 10.2 Å². The molecule has 1 saturated heterocycles. The van der Waals surface area contributed by atoms with Gasteiger partial charge in [-0.1, -0.05) is 36.4 Å². The molecule has 2 aromatic carbocycles. The number of anilines is 1. The quantitative estimate of drug-likeness (QED) is 0.246. The summed E-state index contributed by atoms with van der Waals surface area (Å²) in [6.45, 7) is 7.05. The Kier molecular flexibility index (Phi) is 7.92. The molecule has 0 spiro atoms. The zero-order valence-corrected chi connectivity index (χ0v) is 21.9. The molecule has 1 aliphatic heterocycles. The second-order valence-corrected chi connectivity index (χ2v) is 9.71. The number of nitrogens with one attached hydrogen (secondary N) is 1. The molecule has 0 bridgehead atoms. The summed E-state index contributed by atoms with van der Waals surface area (Å²) >= 11 is 0. The van der Waals surface area contributed by atoms with Crippen LogP contribution in [0.3, 0.4) is 0 Å². The standard InChI is InChI=1S/C27H31N9O3/c1-18-11-13-35(14-12-18)16-23-24(30-34-36(23)26-25(28)32-39-33-26)27(37)31-29-15-20-7-9-22(10-8-20)38-17-21-6-4-3-5-19(21)2/h3-10,15,18H,11-14,16-17H2,1-2H3,(H2,28,32)(H,31,37)/b29-15-. The summed E-state index contributed by atoms with van der Waals surface area (Å²) in [5.41, 5.74) is 12.2. The van der Waals surface area contributed by atoms with Crippen LogP contribution in [0.2, 0.25) is 0 Å². The first-order valence-electron chi connectivity index (χ1n) is 12.8. The molecule has 202 valence electrons. The van der Waals surface area contributed by atoms with Gasteiger partial charge >= 0.3 is 0 Å². The molecule has 4 aromatic rings. The van der Waals surface area contributed by atoms with Gasteiger partial charge in [0.05, 0.1) is 11.9 Å². The highest BCUT2D eigenvalue weighted by Crippen LogP contribution is 2.22. The lowest BCUT2D eigenvalue weighted by molar-refractivity contribution is 0.0946. The number of ether oxygens (including phenoxy) is 1. The topological polar surface area (TPSA) is 150 Å². The van der Waals surface area contributed by atoms with Gasteiger partial charge in [-0.2, -0.15) is 9.78 Å². The lowest BCUT2D eigenvalue weighted by Crippen LogP contribution is -2.34. The maximum atomic E-state index is 13.0. The van der Waals surface area contributed by atoms with Crippen LogP contribution in [0.1, 0.15) is 52.6 Å². The number of likely N-dealkylation sites (tertiary alicyclic amines) is 1. The van der Waals surface area contributed by atoms with E-state index in [-0.39, 0.29) is 17.3 Å². The second-order valence-electron chi connectivity index (χ2n) is 9.71. The number of piperidine rings is 1. The van der Waals surface area contributed by atoms with Crippen LogP contribution >= 0.6 is 0 Å². The van der Waals surface area contributed by atoms with Crippen molar-refractivity contribution in [2.45, 2.75) is 39.8 Å². The molecule has 12 nitrogen and oxygen atoms in total. The molecule has 0 saturated carbocycles. The Labute approximate surface area is 225 Å². The predicted octanol–water partition coefficient (Wildman–Crippen LogP) is 3.12. The molecule has 0 radical (unpaired) electrons. The number of hydrazone groups is 1. The van der Waals surface area contributed by atoms with Gasteiger partial charge in [-0.25, -0.2) is 10.1 Å². The van der Waals surface area contributed by atoms with Crippen LogP contribution in [0.4, 0.5) is 5.82 Å². The van der Waals surface area contributed by atoms with E-state index >= 15 is 0 Å². The summed E-state index contributed by atoms with van der Waals surface area (Å²) in [4.78, 5) is 15.3. The number of carbonyl (C=O) groups excluding carboxylic acids is 1. The summed E-state index contributed by atoms with van der Waals surface area (Å²) in [7, 11) is 0. The van der Waals surface area contributed by atoms with Crippen molar-refractivity contribution >= 4 is 17.9 Å². The maximum absolute atomic E-state index is 13.0. The van der Waals surface area contributed by atoms with Gasteiger partial charge in [0.1, 0.15) is 12.4 Å². The van der Waals surface area contributed by atoms with Gasteiger partial charge < -0.3 is 10.5 Å². The van der Waals surface area contributed by atoms with Crippen molar-refractivity contribution in [3.63, 3.8) is 0 Å². The first kappa shape index (κ1) is 26.0. The minimum absolute atomic E-state index is 0.0599. The Balaban J connectivity index is 1.24. The SMILES string of the molecule is Cc1ccccc1COc1ccc(/C=N\NC(=O)c2nnn(-c3nonc3N)c2CN2CCC(C)CC2)cc1. The van der Waals surface area contributed by atoms with Crippen LogP contribution in [0, 0.1) is 12.8 Å². The first-order chi connectivity index (χ1) is 19.0. The highest BCUT2D eigenvalue weighted by molar-refractivity contribution is 5.94. The van der Waals surface area contributed by atoms with Crippen LogP contribution in [0.5, 0.6) is 5.75 Å². The van der Waals surface area contributed by atoms with E-state index in [0.29, 0.717) is 24.8 Å². The summed E-state index contributed by atoms with van der Waals surface area (Å²) in [5.74, 6) is 1.17. The van der Waals surface area contributed by atoms with Gasteiger partial charge in [-0.05, 0) is 90.0 Å². The molecular formula is C27H31N9O3. The van der Waals surface area contributed by atoms with Crippen molar-refractivity contribution in [1.82, 2.24) is 35.6 Å². The number of hydrogen-bond acceptors (Lipinski definition) is 10. The zero-order chi connectivity index (χ0) is 27.2. The van der Waals surface area contributed by atoms with Gasteiger partial charge in [-0.3, -0.25) is 9.69 Å². The van der Waals surface area contributed by atoms with Gasteiger partial charge in [0, 0.05) is 6.54 Å². The van der Waals surface area contributed by atoms with E-state index in [1.54, 1.807) is 6.21 Å². The highest BCUT2D eigenvalue weighted by atomic mass is 16.6. The van der Waals surface area contributed by atoms with Crippen LogP contribution in [-0.2, 0) is 13.2 Å². The minimum atomic E-state index is -0.494. The van der Waals surface area contributed by atoms with Crippen LogP contribution in [0.25, 0.3) is 5.82 Å². The van der Waals surface area contributed by atoms with Crippen molar-refractivity contribution < 1.29 is 14.2 Å². The third-order valence-electron chi connectivity index (χ3n) is 6.84. The van der Waals surface area contributed by atoms with Crippen molar-refractivity contribution in [3.8, 4) is 11.6 Å². The lowest BCUT2D eigenvalue weighted by atomic mass is 9.99. The molecule has 2 aromatic heterocycles. The number of carbonyl (C=O) groups is 1. The van der Waals surface area contributed by atoms with Crippen molar-refractivity contribution in [2.75, 3.05) is 18.8 Å². The summed E-state index contributed by atoms with van der Waals surface area (Å²) < 4.78 is 12.0. The molecule has 0 aliphatic carbocycles. The summed E-state index contributed by atoms with van der Waals surface area (Å²) in [5, 5.41) is 19.8. The smallest absolute Gasteiger partial charge is 0.293 e. The predicted molar refractivity (Wildman–Crippen MR) is 144 cm³/mol. The monoisotopic (exact) mass is 529 g/mol. The van der Waals surface area contributed by atoms with Crippen LogP contribution in [0.15, 0.2) is 58.3 Å². The van der Waals surface area contributed by atoms with Crippen molar-refractivity contribution in [1.29, 1.82) is 0 Å². The van der Waals surface area contributed by atoms with Crippen molar-refractivity contribution in [3.05, 3.63) is 76.6 Å². The Morgan fingerprint density at radius 1 is 1.18 bits per heavy atom. The van der Waals surface area contributed by atoms with Crippen LogP contribution in [-0.4, -0.2) is 55.4 Å². The number of hydrogen-bond donors (Lipinski definition) is 2. The molecule has 3 N–H and O–H groups in total. The average Bonchev–Trinajstić information content (AvgIpc) is 3.55. The fourth-order valence-corrected chi connectivity index (χ4v) is 4.36. The van der Waals surface area contributed by atoms with Crippen molar-refractivity contribution in [2.24, 2.45) is 11.0 Å². The Bertz CT molecular complexity index is 1440. The first-order valence-corrected chi connectivity index (χ1v) is 12.8. The lowest BCUT2D eigenvalue weighted by Gasteiger charge is -2.30. The molecule has 12 heteroatoms. The Morgan fingerprint density at radius 3 is 2.67 bits per heavy atom. The van der Waals surface area contributed by atoms with E-state index in [4.69, 9.17) is 15.1 Å². The van der Waals surface area contributed by atoms with Gasteiger partial charge in [0.15, 0.2) is 5.69 Å². The summed E-state index contributed by atoms with van der Waals surface area (Å²) in [6, 6.07) is 15.6. The average molecular weight is 530 g/mol. The third-order valence-corrected chi connectivity index (χ3v) is 6.84. The highest BCUT2D eigenvalue weighted by Gasteiger charge is 2.26. The Hall–Kier alpha value is -4.58. The van der Waals surface area contributed by atoms with Crippen LogP contribution < -0.4 is 15.9 Å². The fraction of sp³-hybridized carbons (Fsp3) is 0.333.